The van der Waals surface area contributed by atoms with Gasteiger partial charge in [0.2, 0.25) is 0 Å². The van der Waals surface area contributed by atoms with Gasteiger partial charge in [0, 0.05) is 30.2 Å². The minimum atomic E-state index is 0.332. The molecular formula is C15H22N2OS2. The molecule has 20 heavy (non-hydrogen) atoms. The number of phenolic OH excluding ortho intramolecular Hbond substituents is 1. The van der Waals surface area contributed by atoms with Crippen molar-refractivity contribution in [3.05, 3.63) is 29.3 Å². The van der Waals surface area contributed by atoms with Gasteiger partial charge in [-0.3, -0.25) is 4.99 Å². The highest BCUT2D eigenvalue weighted by molar-refractivity contribution is 8.14. The van der Waals surface area contributed by atoms with Crippen LogP contribution in [0.2, 0.25) is 0 Å². The minimum Gasteiger partial charge on any atom is -0.507 e. The maximum Gasteiger partial charge on any atom is 0.125 e. The average Bonchev–Trinajstić information content (AvgIpc) is 2.87. The molecule has 0 saturated carbocycles. The van der Waals surface area contributed by atoms with Crippen molar-refractivity contribution in [3.8, 4) is 5.75 Å². The first kappa shape index (κ1) is 15.7. The summed E-state index contributed by atoms with van der Waals surface area (Å²) in [6.45, 7) is 4.13. The first-order valence-electron chi connectivity index (χ1n) is 6.78. The van der Waals surface area contributed by atoms with E-state index in [1.54, 1.807) is 17.8 Å². The summed E-state index contributed by atoms with van der Waals surface area (Å²) in [5, 5.41) is 11.0. The minimum absolute atomic E-state index is 0.332. The number of nitrogens with zero attached hydrogens (tertiary/aromatic N) is 2. The number of hydrogen-bond donors (Lipinski definition) is 1. The van der Waals surface area contributed by atoms with E-state index < -0.39 is 0 Å². The molecule has 3 nitrogen and oxygen atoms in total. The van der Waals surface area contributed by atoms with Gasteiger partial charge in [-0.1, -0.05) is 11.6 Å². The normalized spacial score (nSPS) is 18.6. The number of likely N-dealkylation sites (N-methyl/N-ethyl adjacent to an activating group) is 1. The van der Waals surface area contributed by atoms with Crippen LogP contribution in [0.25, 0.3) is 0 Å². The van der Waals surface area contributed by atoms with Crippen molar-refractivity contribution in [2.45, 2.75) is 13.0 Å². The van der Waals surface area contributed by atoms with Crippen molar-refractivity contribution < 1.29 is 5.11 Å². The van der Waals surface area contributed by atoms with Crippen molar-refractivity contribution in [1.29, 1.82) is 0 Å². The summed E-state index contributed by atoms with van der Waals surface area (Å²) in [6.07, 6.45) is 2.13. The number of phenols is 1. The summed E-state index contributed by atoms with van der Waals surface area (Å²) < 4.78 is 0. The van der Waals surface area contributed by atoms with Gasteiger partial charge in [-0.15, -0.1) is 11.8 Å². The molecule has 1 N–H and O–H groups in total. The second kappa shape index (κ2) is 7.38. The first-order chi connectivity index (χ1) is 9.60. The lowest BCUT2D eigenvalue weighted by molar-refractivity contribution is 0.340. The summed E-state index contributed by atoms with van der Waals surface area (Å²) in [5.74, 6) is 2.50. The third kappa shape index (κ3) is 4.17. The maximum atomic E-state index is 9.97. The zero-order valence-corrected chi connectivity index (χ0v) is 13.9. The molecule has 0 amide bonds. The largest absolute Gasteiger partial charge is 0.507 e. The lowest BCUT2D eigenvalue weighted by Crippen LogP contribution is -2.30. The quantitative estimate of drug-likeness (QED) is 0.876. The highest BCUT2D eigenvalue weighted by Crippen LogP contribution is 2.29. The fraction of sp³-hybridized carbons (Fsp3) is 0.533. The van der Waals surface area contributed by atoms with Crippen LogP contribution in [0.15, 0.2) is 23.2 Å². The zero-order valence-electron chi connectivity index (χ0n) is 12.3. The number of rotatable bonds is 6. The first-order valence-corrected chi connectivity index (χ1v) is 9.16. The molecule has 2 rings (SSSR count). The van der Waals surface area contributed by atoms with Gasteiger partial charge in [0.1, 0.15) is 10.8 Å². The summed E-state index contributed by atoms with van der Waals surface area (Å²) in [7, 11) is 2.15. The molecule has 110 valence electrons. The Bertz CT molecular complexity index is 491. The highest BCUT2D eigenvalue weighted by Gasteiger charge is 2.22. The maximum absolute atomic E-state index is 9.97. The molecule has 0 saturated heterocycles. The van der Waals surface area contributed by atoms with Gasteiger partial charge in [-0.2, -0.15) is 11.8 Å². The third-order valence-corrected chi connectivity index (χ3v) is 5.04. The molecule has 1 aliphatic rings. The predicted molar refractivity (Wildman–Crippen MR) is 91.5 cm³/mol. The van der Waals surface area contributed by atoms with E-state index in [1.807, 2.05) is 30.8 Å². The van der Waals surface area contributed by atoms with Gasteiger partial charge in [-0.25, -0.2) is 0 Å². The number of benzene rings is 1. The van der Waals surface area contributed by atoms with E-state index in [0.717, 1.165) is 40.8 Å². The number of hydrogen-bond acceptors (Lipinski definition) is 5. The molecule has 0 aromatic heterocycles. The molecule has 1 heterocycles. The SMILES string of the molecule is CSCCN(C)C[C@@H]1CSC(c2cc(C)ccc2O)=N1. The van der Waals surface area contributed by atoms with Gasteiger partial charge in [-0.05, 0) is 32.4 Å². The van der Waals surface area contributed by atoms with Crippen LogP contribution in [0, 0.1) is 6.92 Å². The van der Waals surface area contributed by atoms with Crippen LogP contribution < -0.4 is 0 Å². The van der Waals surface area contributed by atoms with Gasteiger partial charge >= 0.3 is 0 Å². The Balaban J connectivity index is 2.01. The van der Waals surface area contributed by atoms with Crippen molar-refractivity contribution in [2.75, 3.05) is 37.9 Å². The Labute approximate surface area is 129 Å². The number of aryl methyl sites for hydroxylation is 1. The topological polar surface area (TPSA) is 35.8 Å². The van der Waals surface area contributed by atoms with Crippen molar-refractivity contribution in [1.82, 2.24) is 4.90 Å². The van der Waals surface area contributed by atoms with Crippen LogP contribution >= 0.6 is 23.5 Å². The molecule has 0 spiro atoms. The standard InChI is InChI=1S/C15H22N2OS2/c1-11-4-5-14(18)13(8-11)15-16-12(10-20-15)9-17(2)6-7-19-3/h4-5,8,12,18H,6-7,9-10H2,1-3H3/t12-/m1/s1. The predicted octanol–water partition coefficient (Wildman–Crippen LogP) is 2.86. The Kier molecular flexibility index (Phi) is 5.81. The smallest absolute Gasteiger partial charge is 0.125 e. The molecule has 0 aliphatic carbocycles. The van der Waals surface area contributed by atoms with Crippen molar-refractivity contribution in [2.24, 2.45) is 4.99 Å². The van der Waals surface area contributed by atoms with E-state index >= 15 is 0 Å². The summed E-state index contributed by atoms with van der Waals surface area (Å²) in [4.78, 5) is 7.12. The molecule has 0 fully saturated rings. The van der Waals surface area contributed by atoms with Gasteiger partial charge in [0.15, 0.2) is 0 Å². The number of aliphatic imine (C=N–C) groups is 1. The Hall–Kier alpha value is -0.650. The van der Waals surface area contributed by atoms with Crippen molar-refractivity contribution in [3.63, 3.8) is 0 Å². The van der Waals surface area contributed by atoms with E-state index in [4.69, 9.17) is 4.99 Å². The fourth-order valence-corrected chi connectivity index (χ4v) is 3.74. The molecule has 1 aliphatic heterocycles. The molecule has 0 bridgehead atoms. The molecular weight excluding hydrogens is 288 g/mol. The molecule has 5 heteroatoms. The van der Waals surface area contributed by atoms with Crippen LogP contribution in [0.4, 0.5) is 0 Å². The lowest BCUT2D eigenvalue weighted by atomic mass is 10.1. The molecule has 1 aromatic rings. The van der Waals surface area contributed by atoms with E-state index in [9.17, 15) is 5.11 Å². The van der Waals surface area contributed by atoms with E-state index in [2.05, 4.69) is 18.2 Å². The van der Waals surface area contributed by atoms with Gasteiger partial charge < -0.3 is 10.0 Å². The third-order valence-electron chi connectivity index (χ3n) is 3.29. The molecule has 1 atom stereocenters. The second-order valence-electron chi connectivity index (χ2n) is 5.17. The molecule has 0 unspecified atom stereocenters. The van der Waals surface area contributed by atoms with Crippen LogP contribution in [0.5, 0.6) is 5.75 Å². The molecule has 1 aromatic carbocycles. The van der Waals surface area contributed by atoms with E-state index in [1.165, 1.54) is 0 Å². The summed E-state index contributed by atoms with van der Waals surface area (Å²) >= 11 is 3.62. The van der Waals surface area contributed by atoms with Crippen LogP contribution in [-0.2, 0) is 0 Å². The summed E-state index contributed by atoms with van der Waals surface area (Å²) in [5.41, 5.74) is 2.03. The Morgan fingerprint density at radius 2 is 2.30 bits per heavy atom. The monoisotopic (exact) mass is 310 g/mol. The van der Waals surface area contributed by atoms with Crippen LogP contribution in [0.1, 0.15) is 11.1 Å². The average molecular weight is 310 g/mol. The lowest BCUT2D eigenvalue weighted by Gasteiger charge is -2.18. The summed E-state index contributed by atoms with van der Waals surface area (Å²) in [6, 6.07) is 6.03. The number of aromatic hydroxyl groups is 1. The van der Waals surface area contributed by atoms with Crippen LogP contribution in [-0.4, -0.2) is 59.0 Å². The van der Waals surface area contributed by atoms with E-state index in [-0.39, 0.29) is 0 Å². The Morgan fingerprint density at radius 3 is 3.05 bits per heavy atom. The Morgan fingerprint density at radius 1 is 1.50 bits per heavy atom. The molecule has 0 radical (unpaired) electrons. The van der Waals surface area contributed by atoms with Gasteiger partial charge in [0.05, 0.1) is 6.04 Å². The highest BCUT2D eigenvalue weighted by atomic mass is 32.2. The van der Waals surface area contributed by atoms with Crippen molar-refractivity contribution >= 4 is 28.6 Å². The fourth-order valence-electron chi connectivity index (χ4n) is 2.18. The van der Waals surface area contributed by atoms with E-state index in [0.29, 0.717) is 11.8 Å². The van der Waals surface area contributed by atoms with Crippen LogP contribution in [0.3, 0.4) is 0 Å². The second-order valence-corrected chi connectivity index (χ2v) is 7.17. The number of thioether (sulfide) groups is 2. The van der Waals surface area contributed by atoms with Gasteiger partial charge in [0.25, 0.3) is 0 Å². The zero-order chi connectivity index (χ0) is 14.5.